The summed E-state index contributed by atoms with van der Waals surface area (Å²) >= 11 is 14.2. The van der Waals surface area contributed by atoms with E-state index in [1.165, 1.54) is 18.2 Å². The quantitative estimate of drug-likeness (QED) is 0.808. The second-order valence-corrected chi connectivity index (χ2v) is 5.44. The predicted molar refractivity (Wildman–Crippen MR) is 81.5 cm³/mol. The summed E-state index contributed by atoms with van der Waals surface area (Å²) in [6.07, 6.45) is 0. The van der Waals surface area contributed by atoms with Crippen LogP contribution in [0.25, 0.3) is 0 Å². The van der Waals surface area contributed by atoms with E-state index in [2.05, 4.69) is 15.9 Å². The predicted octanol–water partition coefficient (Wildman–Crippen LogP) is 4.67. The van der Waals surface area contributed by atoms with Crippen molar-refractivity contribution < 1.29 is 9.13 Å². The molecule has 2 N–H and O–H groups in total. The van der Waals surface area contributed by atoms with Gasteiger partial charge in [-0.1, -0.05) is 39.7 Å². The van der Waals surface area contributed by atoms with Gasteiger partial charge in [0.05, 0.1) is 10.6 Å². The molecule has 0 atom stereocenters. The van der Waals surface area contributed by atoms with E-state index in [9.17, 15) is 4.39 Å². The average Bonchev–Trinajstić information content (AvgIpc) is 2.35. The van der Waals surface area contributed by atoms with Crippen molar-refractivity contribution in [1.82, 2.24) is 0 Å². The lowest BCUT2D eigenvalue weighted by Gasteiger charge is -2.11. The number of thiocarbonyl (C=S) groups is 1. The van der Waals surface area contributed by atoms with Crippen molar-refractivity contribution in [3.8, 4) is 11.5 Å². The molecule has 0 amide bonds. The molecule has 6 heteroatoms. The van der Waals surface area contributed by atoms with Crippen LogP contribution < -0.4 is 10.5 Å². The van der Waals surface area contributed by atoms with Gasteiger partial charge in [-0.05, 0) is 36.4 Å². The molecule has 0 aliphatic rings. The van der Waals surface area contributed by atoms with E-state index in [0.29, 0.717) is 22.1 Å². The maximum atomic E-state index is 13.2. The number of rotatable bonds is 3. The van der Waals surface area contributed by atoms with Crippen LogP contribution >= 0.6 is 39.7 Å². The SMILES string of the molecule is NC(=S)c1cc(F)ccc1Oc1cc(Br)ccc1Cl. The van der Waals surface area contributed by atoms with Gasteiger partial charge in [0.15, 0.2) is 0 Å². The first-order valence-corrected chi connectivity index (χ1v) is 6.77. The van der Waals surface area contributed by atoms with E-state index in [-0.39, 0.29) is 4.99 Å². The fourth-order valence-corrected chi connectivity index (χ4v) is 2.11. The molecular formula is C13H8BrClFNOS. The molecule has 0 saturated heterocycles. The summed E-state index contributed by atoms with van der Waals surface area (Å²) in [6, 6.07) is 9.13. The third kappa shape index (κ3) is 3.43. The molecule has 0 radical (unpaired) electrons. The smallest absolute Gasteiger partial charge is 0.147 e. The minimum atomic E-state index is -0.435. The molecule has 0 spiro atoms. The molecule has 0 aromatic heterocycles. The van der Waals surface area contributed by atoms with Crippen LogP contribution in [0.15, 0.2) is 40.9 Å². The molecule has 0 fully saturated rings. The molecule has 0 saturated carbocycles. The van der Waals surface area contributed by atoms with Gasteiger partial charge in [0.2, 0.25) is 0 Å². The second-order valence-electron chi connectivity index (χ2n) is 3.68. The molecule has 2 rings (SSSR count). The Morgan fingerprint density at radius 1 is 1.21 bits per heavy atom. The minimum Gasteiger partial charge on any atom is -0.455 e. The summed E-state index contributed by atoms with van der Waals surface area (Å²) in [7, 11) is 0. The Hall–Kier alpha value is -1.17. The van der Waals surface area contributed by atoms with Crippen LogP contribution in [0, 0.1) is 5.82 Å². The highest BCUT2D eigenvalue weighted by molar-refractivity contribution is 9.10. The summed E-state index contributed by atoms with van der Waals surface area (Å²) in [4.78, 5) is 0.0561. The van der Waals surface area contributed by atoms with E-state index in [1.807, 2.05) is 0 Å². The highest BCUT2D eigenvalue weighted by Gasteiger charge is 2.11. The van der Waals surface area contributed by atoms with Crippen LogP contribution in [-0.4, -0.2) is 4.99 Å². The fraction of sp³-hybridized carbons (Fsp3) is 0. The van der Waals surface area contributed by atoms with Gasteiger partial charge in [-0.15, -0.1) is 0 Å². The first-order valence-electron chi connectivity index (χ1n) is 5.19. The molecular weight excluding hydrogens is 353 g/mol. The molecule has 98 valence electrons. The zero-order valence-corrected chi connectivity index (χ0v) is 12.7. The zero-order valence-electron chi connectivity index (χ0n) is 9.49. The monoisotopic (exact) mass is 359 g/mol. The maximum absolute atomic E-state index is 13.2. The number of halogens is 3. The largest absolute Gasteiger partial charge is 0.455 e. The van der Waals surface area contributed by atoms with Crippen LogP contribution in [0.5, 0.6) is 11.5 Å². The van der Waals surface area contributed by atoms with Crippen molar-refractivity contribution in [3.63, 3.8) is 0 Å². The summed E-state index contributed by atoms with van der Waals surface area (Å²) in [5, 5.41) is 0.432. The lowest BCUT2D eigenvalue weighted by molar-refractivity contribution is 0.479. The van der Waals surface area contributed by atoms with E-state index in [1.54, 1.807) is 18.2 Å². The summed E-state index contributed by atoms with van der Waals surface area (Å²) in [6.45, 7) is 0. The normalized spacial score (nSPS) is 10.3. The van der Waals surface area contributed by atoms with Gasteiger partial charge in [0, 0.05) is 4.47 Å². The Kier molecular flexibility index (Phi) is 4.39. The highest BCUT2D eigenvalue weighted by Crippen LogP contribution is 2.33. The molecule has 2 aromatic rings. The first-order chi connectivity index (χ1) is 8.97. The molecule has 2 nitrogen and oxygen atoms in total. The Balaban J connectivity index is 2.43. The van der Waals surface area contributed by atoms with Gasteiger partial charge in [-0.3, -0.25) is 0 Å². The number of ether oxygens (including phenoxy) is 1. The molecule has 2 aromatic carbocycles. The fourth-order valence-electron chi connectivity index (χ4n) is 1.46. The van der Waals surface area contributed by atoms with Crippen LogP contribution in [0.3, 0.4) is 0 Å². The summed E-state index contributed by atoms with van der Waals surface area (Å²) in [5.74, 6) is 0.351. The Bertz CT molecular complexity index is 651. The van der Waals surface area contributed by atoms with E-state index >= 15 is 0 Å². The van der Waals surface area contributed by atoms with Gasteiger partial charge in [-0.2, -0.15) is 0 Å². The molecule has 19 heavy (non-hydrogen) atoms. The first kappa shape index (κ1) is 14.2. The van der Waals surface area contributed by atoms with Crippen LogP contribution in [0.1, 0.15) is 5.56 Å². The van der Waals surface area contributed by atoms with Crippen molar-refractivity contribution in [1.29, 1.82) is 0 Å². The van der Waals surface area contributed by atoms with Gasteiger partial charge in [0.1, 0.15) is 22.3 Å². The Labute approximate surface area is 128 Å². The lowest BCUT2D eigenvalue weighted by atomic mass is 10.2. The summed E-state index contributed by atoms with van der Waals surface area (Å²) < 4.78 is 19.6. The van der Waals surface area contributed by atoms with E-state index < -0.39 is 5.82 Å². The molecule has 0 aliphatic carbocycles. The Morgan fingerprint density at radius 3 is 2.63 bits per heavy atom. The number of nitrogens with two attached hydrogens (primary N) is 1. The van der Waals surface area contributed by atoms with Crippen LogP contribution in [0.2, 0.25) is 5.02 Å². The second kappa shape index (κ2) is 5.86. The van der Waals surface area contributed by atoms with Crippen molar-refractivity contribution in [2.24, 2.45) is 5.73 Å². The molecule has 0 unspecified atom stereocenters. The molecule has 0 bridgehead atoms. The van der Waals surface area contributed by atoms with Crippen molar-refractivity contribution >= 4 is 44.7 Å². The number of hydrogen-bond acceptors (Lipinski definition) is 2. The lowest BCUT2D eigenvalue weighted by Crippen LogP contribution is -2.11. The van der Waals surface area contributed by atoms with Crippen molar-refractivity contribution in [3.05, 3.63) is 57.3 Å². The standard InChI is InChI=1S/C13H8BrClFNOS/c14-7-1-3-10(15)12(5-7)18-11-4-2-8(16)6-9(11)13(17)19/h1-6H,(H2,17,19). The topological polar surface area (TPSA) is 35.2 Å². The third-order valence-corrected chi connectivity index (χ3v) is 3.35. The van der Waals surface area contributed by atoms with Gasteiger partial charge in [-0.25, -0.2) is 4.39 Å². The van der Waals surface area contributed by atoms with Gasteiger partial charge >= 0.3 is 0 Å². The van der Waals surface area contributed by atoms with E-state index in [4.69, 9.17) is 34.3 Å². The number of benzene rings is 2. The maximum Gasteiger partial charge on any atom is 0.147 e. The van der Waals surface area contributed by atoms with Crippen molar-refractivity contribution in [2.45, 2.75) is 0 Å². The minimum absolute atomic E-state index is 0.0561. The Morgan fingerprint density at radius 2 is 1.95 bits per heavy atom. The third-order valence-electron chi connectivity index (χ3n) is 2.32. The van der Waals surface area contributed by atoms with Crippen LogP contribution in [0.4, 0.5) is 4.39 Å². The molecule has 0 aliphatic heterocycles. The zero-order chi connectivity index (χ0) is 14.0. The summed E-state index contributed by atoms with van der Waals surface area (Å²) in [5.41, 5.74) is 5.87. The average molecular weight is 361 g/mol. The number of hydrogen-bond donors (Lipinski definition) is 1. The molecule has 0 heterocycles. The highest BCUT2D eigenvalue weighted by atomic mass is 79.9. The van der Waals surface area contributed by atoms with Gasteiger partial charge in [0.25, 0.3) is 0 Å². The van der Waals surface area contributed by atoms with Crippen LogP contribution in [-0.2, 0) is 0 Å². The van der Waals surface area contributed by atoms with Crippen molar-refractivity contribution in [2.75, 3.05) is 0 Å². The van der Waals surface area contributed by atoms with Gasteiger partial charge < -0.3 is 10.5 Å². The van der Waals surface area contributed by atoms with E-state index in [0.717, 1.165) is 4.47 Å².